The molecule has 1 saturated carbocycles. The van der Waals surface area contributed by atoms with Crippen LogP contribution in [0.3, 0.4) is 0 Å². The molecule has 5 nitrogen and oxygen atoms in total. The summed E-state index contributed by atoms with van der Waals surface area (Å²) in [5.41, 5.74) is -0.609. The summed E-state index contributed by atoms with van der Waals surface area (Å²) in [5, 5.41) is 7.46. The average molecular weight is 368 g/mol. The highest BCUT2D eigenvalue weighted by molar-refractivity contribution is 9.10. The van der Waals surface area contributed by atoms with Gasteiger partial charge in [-0.15, -0.1) is 5.01 Å². The monoisotopic (exact) mass is 367 g/mol. The van der Waals surface area contributed by atoms with Crippen LogP contribution in [0.5, 0.6) is 0 Å². The minimum atomic E-state index is -0.817. The number of hydrazone groups is 1. The van der Waals surface area contributed by atoms with Crippen LogP contribution in [-0.2, 0) is 4.79 Å². The molecule has 7 heteroatoms. The van der Waals surface area contributed by atoms with Crippen LogP contribution < -0.4 is 5.32 Å². The van der Waals surface area contributed by atoms with Crippen molar-refractivity contribution in [1.82, 2.24) is 10.3 Å². The third-order valence-corrected chi connectivity index (χ3v) is 4.61. The molecule has 0 aromatic heterocycles. The predicted octanol–water partition coefficient (Wildman–Crippen LogP) is 3.18. The van der Waals surface area contributed by atoms with Crippen LogP contribution in [0.4, 0.5) is 9.18 Å². The number of carbonyl (C=O) groups excluding carboxylic acids is 2. The third-order valence-electron chi connectivity index (χ3n) is 4.12. The van der Waals surface area contributed by atoms with Crippen LogP contribution in [0.2, 0.25) is 0 Å². The molecule has 1 saturated heterocycles. The Labute approximate surface area is 135 Å². The van der Waals surface area contributed by atoms with Gasteiger partial charge in [-0.05, 0) is 31.0 Å². The van der Waals surface area contributed by atoms with Crippen LogP contribution in [0.25, 0.3) is 0 Å². The lowest BCUT2D eigenvalue weighted by Crippen LogP contribution is -2.48. The molecule has 1 aliphatic carbocycles. The van der Waals surface area contributed by atoms with Crippen LogP contribution in [-0.4, -0.2) is 28.7 Å². The quantitative estimate of drug-likeness (QED) is 0.644. The number of imide groups is 1. The molecule has 0 atom stereocenters. The molecule has 3 amide bonds. The fourth-order valence-electron chi connectivity index (χ4n) is 2.94. The molecule has 0 bridgehead atoms. The van der Waals surface area contributed by atoms with E-state index in [0.717, 1.165) is 24.3 Å². The van der Waals surface area contributed by atoms with Crippen molar-refractivity contribution in [2.75, 3.05) is 0 Å². The Morgan fingerprint density at radius 3 is 2.73 bits per heavy atom. The molecular formula is C15H15BrFN3O2. The van der Waals surface area contributed by atoms with Crippen molar-refractivity contribution >= 4 is 34.1 Å². The van der Waals surface area contributed by atoms with Crippen LogP contribution >= 0.6 is 15.9 Å². The van der Waals surface area contributed by atoms with E-state index in [1.54, 1.807) is 6.07 Å². The molecule has 2 aliphatic rings. The number of amides is 3. The molecule has 1 aliphatic heterocycles. The molecule has 0 radical (unpaired) electrons. The molecule has 3 rings (SSSR count). The number of benzene rings is 1. The molecule has 1 aromatic rings. The minimum absolute atomic E-state index is 0.208. The first-order valence-electron chi connectivity index (χ1n) is 7.18. The number of nitrogens with zero attached hydrogens (tertiary/aromatic N) is 2. The van der Waals surface area contributed by atoms with E-state index in [0.29, 0.717) is 17.3 Å². The Hall–Kier alpha value is -1.76. The highest BCUT2D eigenvalue weighted by Gasteiger charge is 2.51. The fraction of sp³-hybridized carbons (Fsp3) is 0.400. The van der Waals surface area contributed by atoms with Gasteiger partial charge in [0.05, 0.1) is 6.21 Å². The van der Waals surface area contributed by atoms with E-state index in [1.165, 1.54) is 18.3 Å². The van der Waals surface area contributed by atoms with E-state index in [2.05, 4.69) is 26.3 Å². The van der Waals surface area contributed by atoms with E-state index < -0.39 is 17.4 Å². The lowest BCUT2D eigenvalue weighted by molar-refractivity contribution is -0.132. The number of carbonyl (C=O) groups is 2. The first-order valence-corrected chi connectivity index (χ1v) is 7.97. The van der Waals surface area contributed by atoms with E-state index in [1.807, 2.05) is 0 Å². The molecule has 1 N–H and O–H groups in total. The summed E-state index contributed by atoms with van der Waals surface area (Å²) in [6, 6.07) is 3.85. The minimum Gasteiger partial charge on any atom is -0.321 e. The van der Waals surface area contributed by atoms with Crippen LogP contribution in [0, 0.1) is 5.82 Å². The maximum atomic E-state index is 13.7. The van der Waals surface area contributed by atoms with Gasteiger partial charge in [0.2, 0.25) is 0 Å². The van der Waals surface area contributed by atoms with Gasteiger partial charge in [-0.3, -0.25) is 4.79 Å². The highest BCUT2D eigenvalue weighted by atomic mass is 79.9. The standard InChI is InChI=1S/C15H15BrFN3O2/c16-11-4-5-12(17)10(8-11)9-18-20-13(21)15(19-14(20)22)6-2-1-3-7-15/h4-5,8-9H,1-3,6-7H2,(H,19,22)/b18-9-. The molecule has 1 aromatic carbocycles. The van der Waals surface area contributed by atoms with Crippen molar-refractivity contribution in [3.8, 4) is 0 Å². The summed E-state index contributed by atoms with van der Waals surface area (Å²) >= 11 is 3.24. The Balaban J connectivity index is 1.83. The second kappa shape index (κ2) is 5.79. The SMILES string of the molecule is O=C1NC2(CCCCC2)C(=O)N1/N=C\c1cc(Br)ccc1F. The molecule has 116 valence electrons. The summed E-state index contributed by atoms with van der Waals surface area (Å²) in [6.45, 7) is 0. The fourth-order valence-corrected chi connectivity index (χ4v) is 3.32. The van der Waals surface area contributed by atoms with Gasteiger partial charge >= 0.3 is 6.03 Å². The molecule has 22 heavy (non-hydrogen) atoms. The normalized spacial score (nSPS) is 20.9. The van der Waals surface area contributed by atoms with Gasteiger partial charge in [0.25, 0.3) is 5.91 Å². The van der Waals surface area contributed by atoms with E-state index in [-0.39, 0.29) is 11.5 Å². The van der Waals surface area contributed by atoms with E-state index in [4.69, 9.17) is 0 Å². The van der Waals surface area contributed by atoms with Gasteiger partial charge in [0.15, 0.2) is 0 Å². The largest absolute Gasteiger partial charge is 0.346 e. The number of nitrogens with one attached hydrogen (secondary N) is 1. The first kappa shape index (κ1) is 15.1. The molecule has 1 spiro atoms. The van der Waals surface area contributed by atoms with Gasteiger partial charge in [-0.1, -0.05) is 35.2 Å². The Kier molecular flexibility index (Phi) is 3.99. The summed E-state index contributed by atoms with van der Waals surface area (Å²) < 4.78 is 14.4. The zero-order chi connectivity index (χ0) is 15.7. The van der Waals surface area contributed by atoms with Crippen LogP contribution in [0.15, 0.2) is 27.8 Å². The number of urea groups is 1. The summed E-state index contributed by atoms with van der Waals surface area (Å²) in [5.74, 6) is -0.810. The van der Waals surface area contributed by atoms with Gasteiger partial charge in [0, 0.05) is 10.0 Å². The topological polar surface area (TPSA) is 61.8 Å². The number of hydrogen-bond donors (Lipinski definition) is 1. The molecule has 1 heterocycles. The molecule has 2 fully saturated rings. The van der Waals surface area contributed by atoms with Crippen molar-refractivity contribution in [2.45, 2.75) is 37.6 Å². The Bertz CT molecular complexity index is 656. The van der Waals surface area contributed by atoms with E-state index >= 15 is 0 Å². The second-order valence-corrected chi connectivity index (χ2v) is 6.52. The Morgan fingerprint density at radius 2 is 2.00 bits per heavy atom. The second-order valence-electron chi connectivity index (χ2n) is 5.60. The van der Waals surface area contributed by atoms with Gasteiger partial charge in [-0.25, -0.2) is 9.18 Å². The lowest BCUT2D eigenvalue weighted by Gasteiger charge is -2.29. The van der Waals surface area contributed by atoms with Crippen molar-refractivity contribution < 1.29 is 14.0 Å². The summed E-state index contributed by atoms with van der Waals surface area (Å²) in [6.07, 6.45) is 5.34. The number of rotatable bonds is 2. The molecule has 0 unspecified atom stereocenters. The maximum absolute atomic E-state index is 13.7. The Morgan fingerprint density at radius 1 is 1.27 bits per heavy atom. The third kappa shape index (κ3) is 2.65. The highest BCUT2D eigenvalue weighted by Crippen LogP contribution is 2.33. The summed E-state index contributed by atoms with van der Waals surface area (Å²) in [4.78, 5) is 24.5. The first-order chi connectivity index (χ1) is 10.5. The average Bonchev–Trinajstić information content (AvgIpc) is 2.72. The van der Waals surface area contributed by atoms with Crippen molar-refractivity contribution in [3.63, 3.8) is 0 Å². The predicted molar refractivity (Wildman–Crippen MR) is 82.9 cm³/mol. The van der Waals surface area contributed by atoms with Crippen molar-refractivity contribution in [1.29, 1.82) is 0 Å². The zero-order valence-corrected chi connectivity index (χ0v) is 13.4. The van der Waals surface area contributed by atoms with E-state index in [9.17, 15) is 14.0 Å². The van der Waals surface area contributed by atoms with Gasteiger partial charge in [0.1, 0.15) is 11.4 Å². The van der Waals surface area contributed by atoms with Crippen molar-refractivity contribution in [3.05, 3.63) is 34.1 Å². The smallest absolute Gasteiger partial charge is 0.321 e. The lowest BCUT2D eigenvalue weighted by atomic mass is 9.82. The van der Waals surface area contributed by atoms with Gasteiger partial charge < -0.3 is 5.32 Å². The number of hydrogen-bond acceptors (Lipinski definition) is 3. The number of halogens is 2. The van der Waals surface area contributed by atoms with Gasteiger partial charge in [-0.2, -0.15) is 5.10 Å². The zero-order valence-electron chi connectivity index (χ0n) is 11.8. The van der Waals surface area contributed by atoms with Crippen molar-refractivity contribution in [2.24, 2.45) is 5.10 Å². The summed E-state index contributed by atoms with van der Waals surface area (Å²) in [7, 11) is 0. The molecular weight excluding hydrogens is 353 g/mol. The van der Waals surface area contributed by atoms with Crippen LogP contribution in [0.1, 0.15) is 37.7 Å². The maximum Gasteiger partial charge on any atom is 0.346 e.